The molecule has 24 heavy (non-hydrogen) atoms. The molecule has 5 heteroatoms. The monoisotopic (exact) mass is 332 g/mol. The van der Waals surface area contributed by atoms with Gasteiger partial charge in [-0.1, -0.05) is 0 Å². The Morgan fingerprint density at radius 3 is 2.79 bits per heavy atom. The summed E-state index contributed by atoms with van der Waals surface area (Å²) >= 11 is 0. The second-order valence-electron chi connectivity index (χ2n) is 8.56. The Balaban J connectivity index is 1.35. The van der Waals surface area contributed by atoms with Crippen LogP contribution in [0.15, 0.2) is 6.20 Å². The van der Waals surface area contributed by atoms with Crippen LogP contribution in [0.25, 0.3) is 0 Å². The number of nitrogens with zero attached hydrogens (tertiary/aromatic N) is 2. The van der Waals surface area contributed by atoms with Crippen molar-refractivity contribution in [2.45, 2.75) is 63.0 Å². The Morgan fingerprint density at radius 1 is 1.33 bits per heavy atom. The van der Waals surface area contributed by atoms with Crippen molar-refractivity contribution in [3.05, 3.63) is 17.5 Å². The molecule has 0 atom stereocenters. The number of nitrogens with one attached hydrogen (secondary N) is 2. The predicted octanol–water partition coefficient (Wildman–Crippen LogP) is 2.66. The summed E-state index contributed by atoms with van der Waals surface area (Å²) in [5, 5.41) is 11.0. The minimum absolute atomic E-state index is 0.215. The molecule has 1 aromatic heterocycles. The maximum absolute atomic E-state index is 6.32. The molecule has 4 rings (SSSR count). The Hall–Kier alpha value is -0.910. The van der Waals surface area contributed by atoms with Crippen molar-refractivity contribution in [1.82, 2.24) is 20.4 Å². The first kappa shape index (κ1) is 16.6. The summed E-state index contributed by atoms with van der Waals surface area (Å²) in [5.41, 5.74) is 3.49. The molecule has 3 aliphatic rings. The first-order chi connectivity index (χ1) is 11.6. The van der Waals surface area contributed by atoms with Crippen molar-refractivity contribution in [3.63, 3.8) is 0 Å². The van der Waals surface area contributed by atoms with E-state index in [-0.39, 0.29) is 5.60 Å². The number of likely N-dealkylation sites (N-methyl/N-ethyl adjacent to an activating group) is 2. The van der Waals surface area contributed by atoms with Crippen molar-refractivity contribution < 1.29 is 4.74 Å². The smallest absolute Gasteiger partial charge is 0.0697 e. The molecule has 1 aromatic rings. The zero-order valence-corrected chi connectivity index (χ0v) is 15.2. The van der Waals surface area contributed by atoms with Crippen molar-refractivity contribution in [2.24, 2.45) is 5.41 Å². The van der Waals surface area contributed by atoms with Crippen LogP contribution in [-0.2, 0) is 11.3 Å². The predicted molar refractivity (Wildman–Crippen MR) is 95.0 cm³/mol. The summed E-state index contributed by atoms with van der Waals surface area (Å²) < 4.78 is 6.32. The average molecular weight is 332 g/mol. The van der Waals surface area contributed by atoms with Gasteiger partial charge >= 0.3 is 0 Å². The van der Waals surface area contributed by atoms with Crippen LogP contribution in [0.5, 0.6) is 0 Å². The summed E-state index contributed by atoms with van der Waals surface area (Å²) in [4.78, 5) is 2.37. The summed E-state index contributed by atoms with van der Waals surface area (Å²) in [6, 6.07) is 0. The van der Waals surface area contributed by atoms with E-state index in [1.165, 1.54) is 56.2 Å². The van der Waals surface area contributed by atoms with Crippen LogP contribution in [0.1, 0.15) is 62.1 Å². The molecule has 2 heterocycles. The fraction of sp³-hybridized carbons (Fsp3) is 0.842. The van der Waals surface area contributed by atoms with Gasteiger partial charge < -0.3 is 15.0 Å². The summed E-state index contributed by atoms with van der Waals surface area (Å²) in [7, 11) is 4.19. The first-order valence-corrected chi connectivity index (χ1v) is 9.63. The van der Waals surface area contributed by atoms with E-state index in [4.69, 9.17) is 4.74 Å². The van der Waals surface area contributed by atoms with E-state index >= 15 is 0 Å². The third-order valence-electron chi connectivity index (χ3n) is 6.56. The molecular formula is C19H32N4O. The Kier molecular flexibility index (Phi) is 4.43. The molecule has 0 unspecified atom stereocenters. The van der Waals surface area contributed by atoms with Crippen LogP contribution in [0.3, 0.4) is 0 Å². The third kappa shape index (κ3) is 3.26. The quantitative estimate of drug-likeness (QED) is 0.841. The number of ether oxygens (including phenoxy) is 1. The van der Waals surface area contributed by atoms with Gasteiger partial charge in [-0.2, -0.15) is 5.10 Å². The van der Waals surface area contributed by atoms with E-state index in [0.29, 0.717) is 11.3 Å². The second kappa shape index (κ2) is 6.43. The van der Waals surface area contributed by atoms with Crippen LogP contribution >= 0.6 is 0 Å². The minimum atomic E-state index is 0.215. The number of aromatic amines is 1. The van der Waals surface area contributed by atoms with E-state index in [9.17, 15) is 0 Å². The van der Waals surface area contributed by atoms with Crippen LogP contribution < -0.4 is 5.32 Å². The van der Waals surface area contributed by atoms with Gasteiger partial charge in [-0.3, -0.25) is 5.10 Å². The van der Waals surface area contributed by atoms with Crippen molar-refractivity contribution in [1.29, 1.82) is 0 Å². The number of H-pyrrole nitrogens is 1. The topological polar surface area (TPSA) is 53.2 Å². The molecule has 134 valence electrons. The lowest BCUT2D eigenvalue weighted by Crippen LogP contribution is -2.33. The van der Waals surface area contributed by atoms with E-state index in [0.717, 1.165) is 26.2 Å². The lowest BCUT2D eigenvalue weighted by atomic mass is 9.74. The molecule has 2 saturated carbocycles. The number of hydrogen-bond acceptors (Lipinski definition) is 4. The van der Waals surface area contributed by atoms with Gasteiger partial charge in [-0.15, -0.1) is 0 Å². The maximum Gasteiger partial charge on any atom is 0.0697 e. The summed E-state index contributed by atoms with van der Waals surface area (Å²) in [5.74, 6) is 0.605. The Bertz CT molecular complexity index is 557. The Morgan fingerprint density at radius 2 is 2.12 bits per heavy atom. The van der Waals surface area contributed by atoms with E-state index in [1.807, 2.05) is 7.05 Å². The molecule has 2 spiro atoms. The number of aromatic nitrogens is 2. The first-order valence-electron chi connectivity index (χ1n) is 9.63. The number of hydrogen-bond donors (Lipinski definition) is 2. The van der Waals surface area contributed by atoms with E-state index in [1.54, 1.807) is 0 Å². The van der Waals surface area contributed by atoms with Gasteiger partial charge in [0.15, 0.2) is 0 Å². The van der Waals surface area contributed by atoms with Crippen molar-refractivity contribution in [3.8, 4) is 0 Å². The van der Waals surface area contributed by atoms with Crippen molar-refractivity contribution in [2.75, 3.05) is 33.8 Å². The Labute approximate surface area is 145 Å². The normalized spacial score (nSPS) is 31.4. The molecular weight excluding hydrogens is 300 g/mol. The van der Waals surface area contributed by atoms with Crippen molar-refractivity contribution >= 4 is 0 Å². The molecule has 1 saturated heterocycles. The standard InChI is InChI=1S/C19H32N4O/c1-20-9-10-23(2)12-16-11-21-22-17(16)15-3-5-19(6-4-15)13-18(7-8-18)14-24-19/h11,15,20H,3-10,12-14H2,1-2H3,(H,21,22)/t15-,19-. The fourth-order valence-electron chi connectivity index (χ4n) is 4.81. The van der Waals surface area contributed by atoms with Crippen LogP contribution in [0, 0.1) is 5.41 Å². The highest BCUT2D eigenvalue weighted by Gasteiger charge is 2.56. The van der Waals surface area contributed by atoms with Crippen LogP contribution in [0.2, 0.25) is 0 Å². The molecule has 0 amide bonds. The highest BCUT2D eigenvalue weighted by atomic mass is 16.5. The zero-order valence-electron chi connectivity index (χ0n) is 15.2. The summed E-state index contributed by atoms with van der Waals surface area (Å²) in [6.07, 6.45) is 11.1. The van der Waals surface area contributed by atoms with Gasteiger partial charge in [0.2, 0.25) is 0 Å². The van der Waals surface area contributed by atoms with E-state index in [2.05, 4.69) is 33.7 Å². The number of rotatable bonds is 6. The molecule has 0 radical (unpaired) electrons. The molecule has 1 aliphatic heterocycles. The van der Waals surface area contributed by atoms with E-state index < -0.39 is 0 Å². The van der Waals surface area contributed by atoms with Gasteiger partial charge in [-0.05, 0) is 64.5 Å². The summed E-state index contributed by atoms with van der Waals surface area (Å²) in [6.45, 7) is 4.09. The molecule has 2 N–H and O–H groups in total. The molecule has 3 fully saturated rings. The zero-order chi connectivity index (χ0) is 16.6. The van der Waals surface area contributed by atoms with Crippen LogP contribution in [0.4, 0.5) is 0 Å². The SMILES string of the molecule is CNCCN(C)Cc1c[nH]nc1[C@H]1CC[C@]2(CC1)CC1(CC1)CO2. The molecule has 0 aromatic carbocycles. The highest BCUT2D eigenvalue weighted by molar-refractivity contribution is 5.22. The lowest BCUT2D eigenvalue weighted by Gasteiger charge is -2.36. The largest absolute Gasteiger partial charge is 0.374 e. The fourth-order valence-corrected chi connectivity index (χ4v) is 4.81. The molecule has 5 nitrogen and oxygen atoms in total. The minimum Gasteiger partial charge on any atom is -0.374 e. The van der Waals surface area contributed by atoms with Gasteiger partial charge in [0.1, 0.15) is 0 Å². The average Bonchev–Trinajstić information content (AvgIpc) is 3.03. The van der Waals surface area contributed by atoms with Crippen LogP contribution in [-0.4, -0.2) is 54.5 Å². The lowest BCUT2D eigenvalue weighted by molar-refractivity contribution is -0.0291. The third-order valence-corrected chi connectivity index (χ3v) is 6.56. The highest BCUT2D eigenvalue weighted by Crippen LogP contribution is 2.60. The van der Waals surface area contributed by atoms with Gasteiger partial charge in [0.25, 0.3) is 0 Å². The maximum atomic E-state index is 6.32. The van der Waals surface area contributed by atoms with Gasteiger partial charge in [0.05, 0.1) is 17.9 Å². The second-order valence-corrected chi connectivity index (χ2v) is 8.56. The molecule has 2 aliphatic carbocycles. The van der Waals surface area contributed by atoms with Gasteiger partial charge in [0, 0.05) is 37.3 Å². The van der Waals surface area contributed by atoms with Gasteiger partial charge in [-0.25, -0.2) is 0 Å². The molecule has 0 bridgehead atoms.